The molecule has 0 aliphatic carbocycles. The van der Waals surface area contributed by atoms with Crippen LogP contribution in [0.2, 0.25) is 0 Å². The van der Waals surface area contributed by atoms with Gasteiger partial charge in [-0.1, -0.05) is 30.3 Å². The summed E-state index contributed by atoms with van der Waals surface area (Å²) in [7, 11) is 0. The van der Waals surface area contributed by atoms with E-state index in [1.807, 2.05) is 0 Å². The Morgan fingerprint density at radius 3 is 2.38 bits per heavy atom. The van der Waals surface area contributed by atoms with E-state index in [-0.39, 0.29) is 0 Å². The first-order chi connectivity index (χ1) is 7.84. The van der Waals surface area contributed by atoms with Crippen molar-refractivity contribution in [3.8, 4) is 0 Å². The highest BCUT2D eigenvalue weighted by molar-refractivity contribution is 5.18. The van der Waals surface area contributed by atoms with Crippen LogP contribution in [0, 0.1) is 11.8 Å². The summed E-state index contributed by atoms with van der Waals surface area (Å²) in [6.45, 7) is 6.68. The van der Waals surface area contributed by atoms with Gasteiger partial charge in [0, 0.05) is 31.0 Å². The normalized spacial score (nSPS) is 31.6. The number of benzene rings is 1. The van der Waals surface area contributed by atoms with Gasteiger partial charge < -0.3 is 4.74 Å². The van der Waals surface area contributed by atoms with Crippen LogP contribution in [0.5, 0.6) is 0 Å². The minimum atomic E-state index is 0.548. The maximum absolute atomic E-state index is 5.52. The van der Waals surface area contributed by atoms with Crippen LogP contribution in [0.3, 0.4) is 0 Å². The number of fused-ring (bicyclic) bond motifs is 1. The third-order valence-electron chi connectivity index (χ3n) is 4.10. The Labute approximate surface area is 97.2 Å². The number of ether oxygens (including phenoxy) is 1. The lowest BCUT2D eigenvalue weighted by Gasteiger charge is -2.25. The van der Waals surface area contributed by atoms with E-state index in [4.69, 9.17) is 4.74 Å². The van der Waals surface area contributed by atoms with Crippen LogP contribution in [-0.2, 0) is 4.74 Å². The van der Waals surface area contributed by atoms with Gasteiger partial charge in [-0.15, -0.1) is 0 Å². The molecule has 0 amide bonds. The van der Waals surface area contributed by atoms with Gasteiger partial charge >= 0.3 is 0 Å². The molecule has 1 aromatic rings. The highest BCUT2D eigenvalue weighted by Crippen LogP contribution is 2.34. The van der Waals surface area contributed by atoms with E-state index in [1.165, 1.54) is 18.7 Å². The molecule has 0 N–H and O–H groups in total. The predicted molar refractivity (Wildman–Crippen MR) is 64.2 cm³/mol. The van der Waals surface area contributed by atoms with Crippen molar-refractivity contribution in [1.29, 1.82) is 0 Å². The summed E-state index contributed by atoms with van der Waals surface area (Å²) in [6, 6.07) is 11.4. The molecular formula is C14H19NO. The fraction of sp³-hybridized carbons (Fsp3) is 0.571. The van der Waals surface area contributed by atoms with Crippen LogP contribution >= 0.6 is 0 Å². The maximum Gasteiger partial charge on any atom is 0.0510 e. The van der Waals surface area contributed by atoms with Crippen LogP contribution in [0.1, 0.15) is 18.5 Å². The second-order valence-corrected chi connectivity index (χ2v) is 5.10. The summed E-state index contributed by atoms with van der Waals surface area (Å²) >= 11 is 0. The van der Waals surface area contributed by atoms with E-state index in [0.717, 1.165) is 25.0 Å². The molecule has 2 nitrogen and oxygen atoms in total. The number of hydrogen-bond acceptors (Lipinski definition) is 2. The summed E-state index contributed by atoms with van der Waals surface area (Å²) in [6.07, 6.45) is 0. The first-order valence-electron chi connectivity index (χ1n) is 6.21. The van der Waals surface area contributed by atoms with E-state index < -0.39 is 0 Å². The van der Waals surface area contributed by atoms with E-state index in [2.05, 4.69) is 42.2 Å². The molecule has 3 atom stereocenters. The van der Waals surface area contributed by atoms with Gasteiger partial charge in [-0.3, -0.25) is 4.90 Å². The third kappa shape index (κ3) is 1.76. The highest BCUT2D eigenvalue weighted by atomic mass is 16.5. The van der Waals surface area contributed by atoms with E-state index in [0.29, 0.717) is 6.04 Å². The average Bonchev–Trinajstić information content (AvgIpc) is 2.89. The van der Waals surface area contributed by atoms with Crippen LogP contribution in [-0.4, -0.2) is 31.2 Å². The van der Waals surface area contributed by atoms with E-state index in [9.17, 15) is 0 Å². The lowest BCUT2D eigenvalue weighted by Crippen LogP contribution is -2.26. The van der Waals surface area contributed by atoms with Gasteiger partial charge in [-0.25, -0.2) is 0 Å². The fourth-order valence-electron chi connectivity index (χ4n) is 2.98. The standard InChI is InChI=1S/C14H19NO/c1-11(12-5-3-2-4-6-12)15-7-13-9-16-10-14(13)8-15/h2-6,11,13-14H,7-10H2,1H3/t11-,13?,14?/m1/s1. The predicted octanol–water partition coefficient (Wildman–Crippen LogP) is 2.33. The molecule has 0 spiro atoms. The highest BCUT2D eigenvalue weighted by Gasteiger charge is 2.38. The molecule has 2 fully saturated rings. The van der Waals surface area contributed by atoms with Gasteiger partial charge in [0.15, 0.2) is 0 Å². The molecule has 2 aliphatic heterocycles. The molecule has 2 aliphatic rings. The van der Waals surface area contributed by atoms with Crippen LogP contribution in [0.15, 0.2) is 30.3 Å². The van der Waals surface area contributed by atoms with E-state index in [1.54, 1.807) is 0 Å². The molecule has 16 heavy (non-hydrogen) atoms. The van der Waals surface area contributed by atoms with Crippen molar-refractivity contribution in [1.82, 2.24) is 4.90 Å². The van der Waals surface area contributed by atoms with Crippen molar-refractivity contribution in [3.63, 3.8) is 0 Å². The average molecular weight is 217 g/mol. The van der Waals surface area contributed by atoms with Gasteiger partial charge in [0.05, 0.1) is 13.2 Å². The summed E-state index contributed by atoms with van der Waals surface area (Å²) in [5, 5.41) is 0. The Bertz CT molecular complexity index is 339. The maximum atomic E-state index is 5.52. The fourth-order valence-corrected chi connectivity index (χ4v) is 2.98. The van der Waals surface area contributed by atoms with Crippen molar-refractivity contribution in [3.05, 3.63) is 35.9 Å². The molecule has 86 valence electrons. The van der Waals surface area contributed by atoms with Crippen LogP contribution in [0.4, 0.5) is 0 Å². The molecule has 2 saturated heterocycles. The second kappa shape index (κ2) is 4.19. The number of nitrogens with zero attached hydrogens (tertiary/aromatic N) is 1. The molecule has 3 rings (SSSR count). The van der Waals surface area contributed by atoms with Crippen molar-refractivity contribution in [2.75, 3.05) is 26.3 Å². The molecule has 0 radical (unpaired) electrons. The number of hydrogen-bond donors (Lipinski definition) is 0. The first kappa shape index (κ1) is 10.3. The smallest absolute Gasteiger partial charge is 0.0510 e. The van der Waals surface area contributed by atoms with Crippen LogP contribution in [0.25, 0.3) is 0 Å². The molecule has 1 aromatic carbocycles. The first-order valence-corrected chi connectivity index (χ1v) is 6.21. The Morgan fingerprint density at radius 2 is 1.75 bits per heavy atom. The van der Waals surface area contributed by atoms with Gasteiger partial charge in [0.25, 0.3) is 0 Å². The molecule has 2 unspecified atom stereocenters. The molecule has 0 bridgehead atoms. The van der Waals surface area contributed by atoms with Crippen LogP contribution < -0.4 is 0 Å². The van der Waals surface area contributed by atoms with Gasteiger partial charge in [-0.05, 0) is 12.5 Å². The quantitative estimate of drug-likeness (QED) is 0.754. The summed E-state index contributed by atoms with van der Waals surface area (Å²) in [5.41, 5.74) is 1.43. The monoisotopic (exact) mass is 217 g/mol. The van der Waals surface area contributed by atoms with Gasteiger partial charge in [0.1, 0.15) is 0 Å². The Kier molecular flexibility index (Phi) is 2.70. The molecule has 0 aromatic heterocycles. The van der Waals surface area contributed by atoms with Crippen molar-refractivity contribution >= 4 is 0 Å². The molecule has 2 heterocycles. The summed E-state index contributed by atoms with van der Waals surface area (Å²) in [5.74, 6) is 1.57. The van der Waals surface area contributed by atoms with Crippen molar-refractivity contribution < 1.29 is 4.74 Å². The minimum Gasteiger partial charge on any atom is -0.381 e. The minimum absolute atomic E-state index is 0.548. The second-order valence-electron chi connectivity index (χ2n) is 5.10. The lowest BCUT2D eigenvalue weighted by molar-refractivity contribution is 0.142. The van der Waals surface area contributed by atoms with Gasteiger partial charge in [-0.2, -0.15) is 0 Å². The molecule has 0 saturated carbocycles. The van der Waals surface area contributed by atoms with Crippen molar-refractivity contribution in [2.24, 2.45) is 11.8 Å². The van der Waals surface area contributed by atoms with Crippen molar-refractivity contribution in [2.45, 2.75) is 13.0 Å². The number of likely N-dealkylation sites (tertiary alicyclic amines) is 1. The molecular weight excluding hydrogens is 198 g/mol. The lowest BCUT2D eigenvalue weighted by atomic mass is 10.0. The summed E-state index contributed by atoms with van der Waals surface area (Å²) < 4.78 is 5.52. The zero-order valence-electron chi connectivity index (χ0n) is 9.80. The zero-order chi connectivity index (χ0) is 11.0. The van der Waals surface area contributed by atoms with Gasteiger partial charge in [0.2, 0.25) is 0 Å². The van der Waals surface area contributed by atoms with E-state index >= 15 is 0 Å². The topological polar surface area (TPSA) is 12.5 Å². The molecule has 2 heteroatoms. The SMILES string of the molecule is C[C@H](c1ccccc1)N1CC2COCC2C1. The third-order valence-corrected chi connectivity index (χ3v) is 4.10. The summed E-state index contributed by atoms with van der Waals surface area (Å²) in [4.78, 5) is 2.60. The Morgan fingerprint density at radius 1 is 1.12 bits per heavy atom. The largest absolute Gasteiger partial charge is 0.381 e. The Balaban J connectivity index is 1.71. The Hall–Kier alpha value is -0.860. The number of rotatable bonds is 2. The zero-order valence-corrected chi connectivity index (χ0v) is 9.80.